The number of aryl methyl sites for hydroxylation is 1. The zero-order valence-electron chi connectivity index (χ0n) is 13.6. The molecule has 5 heteroatoms. The minimum Gasteiger partial charge on any atom is -0.465 e. The number of aromatic nitrogens is 1. The zero-order valence-corrected chi connectivity index (χ0v) is 14.4. The molecule has 0 radical (unpaired) electrons. The van der Waals surface area contributed by atoms with Crippen LogP contribution in [-0.2, 0) is 19.6 Å². The van der Waals surface area contributed by atoms with Crippen molar-refractivity contribution in [3.05, 3.63) is 39.7 Å². The van der Waals surface area contributed by atoms with Crippen LogP contribution in [0.2, 0.25) is 0 Å². The summed E-state index contributed by atoms with van der Waals surface area (Å²) in [7, 11) is 2.09. The summed E-state index contributed by atoms with van der Waals surface area (Å²) in [5.74, 6) is 1.96. The maximum Gasteiger partial charge on any atom is 0.118 e. The van der Waals surface area contributed by atoms with Gasteiger partial charge in [0, 0.05) is 24.0 Å². The highest BCUT2D eigenvalue weighted by Crippen LogP contribution is 2.14. The van der Waals surface area contributed by atoms with E-state index in [-0.39, 0.29) is 5.54 Å². The first-order chi connectivity index (χ1) is 9.82. The monoisotopic (exact) mass is 307 g/mol. The number of nitrogens with one attached hydrogen (secondary N) is 1. The van der Waals surface area contributed by atoms with E-state index in [0.717, 1.165) is 41.9 Å². The molecule has 21 heavy (non-hydrogen) atoms. The van der Waals surface area contributed by atoms with Gasteiger partial charge in [0.15, 0.2) is 0 Å². The number of furan rings is 1. The summed E-state index contributed by atoms with van der Waals surface area (Å²) in [6.45, 7) is 10.9. The van der Waals surface area contributed by atoms with Crippen LogP contribution in [0, 0.1) is 6.92 Å². The maximum absolute atomic E-state index is 5.60. The molecule has 0 bridgehead atoms. The number of thiazole rings is 1. The Hall–Kier alpha value is -1.17. The molecule has 0 aliphatic heterocycles. The van der Waals surface area contributed by atoms with E-state index < -0.39 is 0 Å². The second-order valence-electron chi connectivity index (χ2n) is 6.52. The summed E-state index contributed by atoms with van der Waals surface area (Å²) in [4.78, 5) is 6.90. The van der Waals surface area contributed by atoms with E-state index in [1.54, 1.807) is 11.3 Å². The fourth-order valence-electron chi connectivity index (χ4n) is 2.01. The fraction of sp³-hybridized carbons (Fsp3) is 0.562. The van der Waals surface area contributed by atoms with Gasteiger partial charge in [-0.1, -0.05) is 0 Å². The minimum atomic E-state index is 0.125. The molecule has 0 atom stereocenters. The highest BCUT2D eigenvalue weighted by Gasteiger charge is 2.11. The molecular formula is C16H25N3OS. The van der Waals surface area contributed by atoms with Crippen LogP contribution in [0.3, 0.4) is 0 Å². The number of hydrogen-bond donors (Lipinski definition) is 1. The Morgan fingerprint density at radius 1 is 1.29 bits per heavy atom. The number of nitrogens with zero attached hydrogens (tertiary/aromatic N) is 2. The van der Waals surface area contributed by atoms with Gasteiger partial charge in [-0.15, -0.1) is 11.3 Å². The lowest BCUT2D eigenvalue weighted by atomic mass is 10.1. The molecule has 0 spiro atoms. The molecule has 2 rings (SSSR count). The second kappa shape index (κ2) is 6.73. The summed E-state index contributed by atoms with van der Waals surface area (Å²) in [6.07, 6.45) is 0. The van der Waals surface area contributed by atoms with Gasteiger partial charge in [0.2, 0.25) is 0 Å². The number of rotatable bonds is 6. The molecule has 1 N–H and O–H groups in total. The Morgan fingerprint density at radius 3 is 2.67 bits per heavy atom. The zero-order chi connectivity index (χ0) is 15.5. The van der Waals surface area contributed by atoms with Gasteiger partial charge in [-0.2, -0.15) is 0 Å². The Balaban J connectivity index is 1.84. The molecule has 0 aliphatic carbocycles. The Kier molecular flexibility index (Phi) is 5.19. The van der Waals surface area contributed by atoms with Crippen LogP contribution in [0.1, 0.15) is 43.0 Å². The first-order valence-electron chi connectivity index (χ1n) is 7.24. The second-order valence-corrected chi connectivity index (χ2v) is 7.46. The summed E-state index contributed by atoms with van der Waals surface area (Å²) < 4.78 is 5.60. The van der Waals surface area contributed by atoms with Crippen LogP contribution in [0.4, 0.5) is 0 Å². The van der Waals surface area contributed by atoms with E-state index >= 15 is 0 Å². The van der Waals surface area contributed by atoms with Gasteiger partial charge >= 0.3 is 0 Å². The molecule has 2 aromatic rings. The van der Waals surface area contributed by atoms with Crippen molar-refractivity contribution < 1.29 is 4.42 Å². The van der Waals surface area contributed by atoms with Crippen molar-refractivity contribution in [2.75, 3.05) is 7.05 Å². The molecule has 0 saturated heterocycles. The largest absolute Gasteiger partial charge is 0.465 e. The lowest BCUT2D eigenvalue weighted by molar-refractivity contribution is 0.282. The molecular weight excluding hydrogens is 282 g/mol. The van der Waals surface area contributed by atoms with Gasteiger partial charge in [0.25, 0.3) is 0 Å². The Morgan fingerprint density at radius 2 is 2.05 bits per heavy atom. The normalized spacial score (nSPS) is 12.3. The lowest BCUT2D eigenvalue weighted by Crippen LogP contribution is -2.35. The average molecular weight is 307 g/mol. The van der Waals surface area contributed by atoms with Crippen molar-refractivity contribution in [3.8, 4) is 0 Å². The maximum atomic E-state index is 5.60. The van der Waals surface area contributed by atoms with Gasteiger partial charge in [-0.05, 0) is 46.9 Å². The predicted octanol–water partition coefficient (Wildman–Crippen LogP) is 3.56. The Labute approximate surface area is 131 Å². The van der Waals surface area contributed by atoms with E-state index in [1.807, 2.05) is 19.1 Å². The predicted molar refractivity (Wildman–Crippen MR) is 87.3 cm³/mol. The molecule has 0 unspecified atom stereocenters. The molecule has 0 saturated carbocycles. The Bertz CT molecular complexity index is 568. The van der Waals surface area contributed by atoms with Crippen LogP contribution in [0.5, 0.6) is 0 Å². The van der Waals surface area contributed by atoms with Crippen LogP contribution in [0.25, 0.3) is 0 Å². The summed E-state index contributed by atoms with van der Waals surface area (Å²) >= 11 is 1.72. The van der Waals surface area contributed by atoms with Gasteiger partial charge < -0.3 is 9.73 Å². The molecule has 2 heterocycles. The third kappa shape index (κ3) is 5.61. The first-order valence-corrected chi connectivity index (χ1v) is 8.12. The van der Waals surface area contributed by atoms with E-state index in [9.17, 15) is 0 Å². The van der Waals surface area contributed by atoms with Crippen molar-refractivity contribution in [2.45, 2.75) is 52.9 Å². The van der Waals surface area contributed by atoms with Crippen molar-refractivity contribution in [1.29, 1.82) is 0 Å². The highest BCUT2D eigenvalue weighted by molar-refractivity contribution is 7.09. The quantitative estimate of drug-likeness (QED) is 0.886. The lowest BCUT2D eigenvalue weighted by Gasteiger charge is -2.19. The molecule has 0 amide bonds. The van der Waals surface area contributed by atoms with Crippen LogP contribution >= 0.6 is 11.3 Å². The standard InChI is InChI=1S/C16H25N3OS/c1-12-6-7-14(20-12)10-19(5)9-13-11-21-15(18-13)8-17-16(2,3)4/h6-7,11,17H,8-10H2,1-5H3. The average Bonchev–Trinajstić information content (AvgIpc) is 2.95. The van der Waals surface area contributed by atoms with E-state index in [0.29, 0.717) is 0 Å². The molecule has 0 aliphatic rings. The van der Waals surface area contributed by atoms with Crippen molar-refractivity contribution in [3.63, 3.8) is 0 Å². The van der Waals surface area contributed by atoms with Gasteiger partial charge in [0.1, 0.15) is 16.5 Å². The summed E-state index contributed by atoms with van der Waals surface area (Å²) in [6, 6.07) is 4.04. The highest BCUT2D eigenvalue weighted by atomic mass is 32.1. The minimum absolute atomic E-state index is 0.125. The van der Waals surface area contributed by atoms with Crippen molar-refractivity contribution >= 4 is 11.3 Å². The molecule has 0 aromatic carbocycles. The van der Waals surface area contributed by atoms with Crippen molar-refractivity contribution in [1.82, 2.24) is 15.2 Å². The third-order valence-electron chi connectivity index (χ3n) is 3.02. The number of hydrogen-bond acceptors (Lipinski definition) is 5. The first kappa shape index (κ1) is 16.2. The van der Waals surface area contributed by atoms with Gasteiger partial charge in [0.05, 0.1) is 12.2 Å². The summed E-state index contributed by atoms with van der Waals surface area (Å²) in [5, 5.41) is 6.75. The fourth-order valence-corrected chi connectivity index (χ4v) is 2.74. The van der Waals surface area contributed by atoms with Crippen LogP contribution in [0.15, 0.2) is 21.9 Å². The molecule has 0 fully saturated rings. The van der Waals surface area contributed by atoms with Gasteiger partial charge in [-0.3, -0.25) is 4.90 Å². The van der Waals surface area contributed by atoms with E-state index in [1.165, 1.54) is 0 Å². The summed E-state index contributed by atoms with van der Waals surface area (Å²) in [5.41, 5.74) is 1.25. The molecule has 2 aromatic heterocycles. The van der Waals surface area contributed by atoms with E-state index in [4.69, 9.17) is 4.42 Å². The van der Waals surface area contributed by atoms with Crippen molar-refractivity contribution in [2.24, 2.45) is 0 Å². The van der Waals surface area contributed by atoms with E-state index in [2.05, 4.69) is 48.4 Å². The van der Waals surface area contributed by atoms with Gasteiger partial charge in [-0.25, -0.2) is 4.98 Å². The smallest absolute Gasteiger partial charge is 0.118 e. The molecule has 4 nitrogen and oxygen atoms in total. The SMILES string of the molecule is Cc1ccc(CN(C)Cc2csc(CNC(C)(C)C)n2)o1. The third-order valence-corrected chi connectivity index (χ3v) is 3.92. The van der Waals surface area contributed by atoms with Crippen LogP contribution in [-0.4, -0.2) is 22.5 Å². The molecule has 116 valence electrons. The van der Waals surface area contributed by atoms with Crippen LogP contribution < -0.4 is 5.32 Å². The topological polar surface area (TPSA) is 41.3 Å².